The van der Waals surface area contributed by atoms with Crippen molar-refractivity contribution in [2.45, 2.75) is 19.5 Å². The number of benzene rings is 1. The van der Waals surface area contributed by atoms with Gasteiger partial charge in [0.05, 0.1) is 16.9 Å². The minimum atomic E-state index is -4.36. The number of hydrogen-bond donors (Lipinski definition) is 1. The van der Waals surface area contributed by atoms with Gasteiger partial charge in [-0.2, -0.15) is 13.2 Å². The molecule has 1 rings (SSSR count). The lowest BCUT2D eigenvalue weighted by atomic mass is 10.1. The van der Waals surface area contributed by atoms with E-state index in [2.05, 4.69) is 0 Å². The van der Waals surface area contributed by atoms with E-state index in [4.69, 9.17) is 5.73 Å². The molecule has 20 heavy (non-hydrogen) atoms. The molecule has 2 N–H and O–H groups in total. The van der Waals surface area contributed by atoms with Crippen LogP contribution in [0.25, 0.3) is 0 Å². The van der Waals surface area contributed by atoms with E-state index in [0.717, 1.165) is 38.2 Å². The van der Waals surface area contributed by atoms with Crippen LogP contribution >= 0.6 is 0 Å². The second-order valence-corrected chi connectivity index (χ2v) is 5.06. The Kier molecular flexibility index (Phi) is 5.68. The normalized spacial score (nSPS) is 11.9. The van der Waals surface area contributed by atoms with Gasteiger partial charge in [0, 0.05) is 19.6 Å². The Morgan fingerprint density at radius 3 is 2.20 bits per heavy atom. The Morgan fingerprint density at radius 1 is 1.10 bits per heavy atom. The quantitative estimate of drug-likeness (QED) is 0.817. The summed E-state index contributed by atoms with van der Waals surface area (Å²) >= 11 is 0. The molecule has 6 heteroatoms. The predicted molar refractivity (Wildman–Crippen MR) is 76.9 cm³/mol. The Bertz CT molecular complexity index is 430. The molecule has 0 radical (unpaired) electrons. The largest absolute Gasteiger partial charge is 0.416 e. The Labute approximate surface area is 118 Å². The molecule has 0 saturated heterocycles. The van der Waals surface area contributed by atoms with E-state index in [9.17, 15) is 13.2 Å². The van der Waals surface area contributed by atoms with Gasteiger partial charge in [0.25, 0.3) is 0 Å². The number of likely N-dealkylation sites (N-methyl/N-ethyl adjacent to an activating group) is 1. The van der Waals surface area contributed by atoms with Crippen molar-refractivity contribution in [3.63, 3.8) is 0 Å². The average molecular weight is 289 g/mol. The van der Waals surface area contributed by atoms with Crippen molar-refractivity contribution in [1.82, 2.24) is 4.90 Å². The molecule has 0 saturated carbocycles. The highest BCUT2D eigenvalue weighted by molar-refractivity contribution is 5.68. The van der Waals surface area contributed by atoms with Crippen LogP contribution in [0.1, 0.15) is 18.9 Å². The van der Waals surface area contributed by atoms with Gasteiger partial charge in [0.1, 0.15) is 0 Å². The molecule has 0 spiro atoms. The maximum Gasteiger partial charge on any atom is 0.416 e. The molecule has 0 heterocycles. The van der Waals surface area contributed by atoms with Gasteiger partial charge < -0.3 is 15.5 Å². The topological polar surface area (TPSA) is 32.5 Å². The molecule has 0 aliphatic heterocycles. The monoisotopic (exact) mass is 289 g/mol. The zero-order valence-corrected chi connectivity index (χ0v) is 12.2. The number of hydrogen-bond acceptors (Lipinski definition) is 3. The van der Waals surface area contributed by atoms with Crippen LogP contribution in [0.4, 0.5) is 24.5 Å². The molecule has 0 aromatic heterocycles. The molecule has 0 atom stereocenters. The predicted octanol–water partition coefficient (Wildman–Crippen LogP) is 3.07. The van der Waals surface area contributed by atoms with Gasteiger partial charge in [-0.3, -0.25) is 0 Å². The van der Waals surface area contributed by atoms with Gasteiger partial charge in [-0.05, 0) is 38.7 Å². The van der Waals surface area contributed by atoms with E-state index in [1.165, 1.54) is 6.07 Å². The van der Waals surface area contributed by atoms with Crippen molar-refractivity contribution in [3.05, 3.63) is 23.8 Å². The van der Waals surface area contributed by atoms with Crippen LogP contribution in [0.15, 0.2) is 18.2 Å². The fourth-order valence-corrected chi connectivity index (χ4v) is 1.96. The highest BCUT2D eigenvalue weighted by atomic mass is 19.4. The molecule has 0 fully saturated rings. The first kappa shape index (κ1) is 16.6. The molecule has 114 valence electrons. The van der Waals surface area contributed by atoms with Gasteiger partial charge >= 0.3 is 6.18 Å². The molecule has 1 aromatic rings. The first-order valence-electron chi connectivity index (χ1n) is 6.62. The summed E-state index contributed by atoms with van der Waals surface area (Å²) < 4.78 is 37.9. The van der Waals surface area contributed by atoms with Crippen LogP contribution < -0.4 is 10.6 Å². The zero-order chi connectivity index (χ0) is 15.3. The third-order valence-electron chi connectivity index (χ3n) is 3.01. The number of alkyl halides is 3. The molecule has 0 amide bonds. The van der Waals surface area contributed by atoms with Gasteiger partial charge in [-0.15, -0.1) is 0 Å². The first-order chi connectivity index (χ1) is 9.25. The minimum absolute atomic E-state index is 0.173. The fourth-order valence-electron chi connectivity index (χ4n) is 1.96. The van der Waals surface area contributed by atoms with Crippen LogP contribution in [0, 0.1) is 0 Å². The molecule has 0 aliphatic carbocycles. The summed E-state index contributed by atoms with van der Waals surface area (Å²) in [6, 6.07) is 3.56. The van der Waals surface area contributed by atoms with Crippen LogP contribution in [-0.4, -0.2) is 38.6 Å². The Balaban J connectivity index is 2.96. The van der Waals surface area contributed by atoms with Crippen LogP contribution in [-0.2, 0) is 6.18 Å². The summed E-state index contributed by atoms with van der Waals surface area (Å²) in [4.78, 5) is 4.05. The van der Waals surface area contributed by atoms with Crippen LogP contribution in [0.2, 0.25) is 0 Å². The smallest absolute Gasteiger partial charge is 0.397 e. The summed E-state index contributed by atoms with van der Waals surface area (Å²) in [5, 5.41) is 0. The van der Waals surface area contributed by atoms with E-state index < -0.39 is 11.7 Å². The van der Waals surface area contributed by atoms with Gasteiger partial charge in [0.2, 0.25) is 0 Å². The summed E-state index contributed by atoms with van der Waals surface area (Å²) in [6.45, 7) is 4.35. The number of rotatable bonds is 6. The standard InChI is InChI=1S/C14H22F3N3/c1-4-7-20(9-8-19(2)3)13-6-5-11(10-12(13)18)14(15,16)17/h5-6,10H,4,7-9,18H2,1-3H3. The molecule has 0 unspecified atom stereocenters. The maximum atomic E-state index is 12.6. The van der Waals surface area contributed by atoms with Crippen LogP contribution in [0.3, 0.4) is 0 Å². The van der Waals surface area contributed by atoms with Gasteiger partial charge in [-0.1, -0.05) is 6.92 Å². The molecular weight excluding hydrogens is 267 g/mol. The van der Waals surface area contributed by atoms with E-state index in [0.29, 0.717) is 5.69 Å². The van der Waals surface area contributed by atoms with Gasteiger partial charge in [0.15, 0.2) is 0 Å². The van der Waals surface area contributed by atoms with Crippen molar-refractivity contribution in [1.29, 1.82) is 0 Å². The van der Waals surface area contributed by atoms with Gasteiger partial charge in [-0.25, -0.2) is 0 Å². The van der Waals surface area contributed by atoms with Crippen molar-refractivity contribution in [3.8, 4) is 0 Å². The number of halogens is 3. The molecule has 0 aliphatic rings. The van der Waals surface area contributed by atoms with Crippen molar-refractivity contribution in [2.75, 3.05) is 44.4 Å². The molecule has 3 nitrogen and oxygen atoms in total. The highest BCUT2D eigenvalue weighted by Crippen LogP contribution is 2.34. The lowest BCUT2D eigenvalue weighted by molar-refractivity contribution is -0.137. The van der Waals surface area contributed by atoms with E-state index >= 15 is 0 Å². The molecular formula is C14H22F3N3. The van der Waals surface area contributed by atoms with Crippen molar-refractivity contribution in [2.24, 2.45) is 0 Å². The fraction of sp³-hybridized carbons (Fsp3) is 0.571. The van der Waals surface area contributed by atoms with E-state index in [1.807, 2.05) is 30.8 Å². The average Bonchev–Trinajstić information content (AvgIpc) is 2.33. The number of nitrogens with two attached hydrogens (primary N) is 1. The summed E-state index contributed by atoms with van der Waals surface area (Å²) in [5.41, 5.74) is 5.94. The SMILES string of the molecule is CCCN(CCN(C)C)c1ccc(C(F)(F)F)cc1N. The highest BCUT2D eigenvalue weighted by Gasteiger charge is 2.31. The van der Waals surface area contributed by atoms with E-state index in [1.54, 1.807) is 0 Å². The summed E-state index contributed by atoms with van der Waals surface area (Å²) in [5.74, 6) is 0. The van der Waals surface area contributed by atoms with Crippen molar-refractivity contribution < 1.29 is 13.2 Å². The number of anilines is 2. The molecule has 0 bridgehead atoms. The van der Waals surface area contributed by atoms with Crippen LogP contribution in [0.5, 0.6) is 0 Å². The summed E-state index contributed by atoms with van der Waals surface area (Å²) in [7, 11) is 3.92. The Morgan fingerprint density at radius 2 is 1.75 bits per heavy atom. The molecule has 1 aromatic carbocycles. The summed E-state index contributed by atoms with van der Waals surface area (Å²) in [6.07, 6.45) is -3.44. The maximum absolute atomic E-state index is 12.6. The zero-order valence-electron chi connectivity index (χ0n) is 12.2. The first-order valence-corrected chi connectivity index (χ1v) is 6.62. The third kappa shape index (κ3) is 4.59. The Hall–Kier alpha value is -1.43. The second-order valence-electron chi connectivity index (χ2n) is 5.06. The van der Waals surface area contributed by atoms with Crippen molar-refractivity contribution >= 4 is 11.4 Å². The number of nitrogen functional groups attached to an aromatic ring is 1. The number of nitrogens with zero attached hydrogens (tertiary/aromatic N) is 2. The lowest BCUT2D eigenvalue weighted by Gasteiger charge is -2.27. The van der Waals surface area contributed by atoms with E-state index in [-0.39, 0.29) is 5.69 Å². The lowest BCUT2D eigenvalue weighted by Crippen LogP contribution is -2.32. The minimum Gasteiger partial charge on any atom is -0.397 e. The third-order valence-corrected chi connectivity index (χ3v) is 3.01. The second kappa shape index (κ2) is 6.83.